The molecule has 0 bridgehead atoms. The summed E-state index contributed by atoms with van der Waals surface area (Å²) in [6, 6.07) is 0. The molecule has 2 aliphatic heterocycles. The highest BCUT2D eigenvalue weighted by Gasteiger charge is 2.48. The van der Waals surface area contributed by atoms with Crippen molar-refractivity contribution >= 4 is 5.97 Å². The van der Waals surface area contributed by atoms with Crippen molar-refractivity contribution in [2.45, 2.75) is 50.5 Å². The van der Waals surface area contributed by atoms with E-state index < -0.39 is 37.3 Å². The molecule has 1 saturated carbocycles. The van der Waals surface area contributed by atoms with E-state index in [1.54, 1.807) is 0 Å². The zero-order valence-electron chi connectivity index (χ0n) is 13.7. The predicted octanol–water partition coefficient (Wildman–Crippen LogP) is -1.36. The van der Waals surface area contributed by atoms with Crippen LogP contribution in [0.15, 0.2) is 0 Å². The Morgan fingerprint density at radius 2 is 1.92 bits per heavy atom. The lowest BCUT2D eigenvalue weighted by molar-refractivity contribution is -0.305. The number of esters is 1. The van der Waals surface area contributed by atoms with Crippen LogP contribution in [0.2, 0.25) is 0 Å². The van der Waals surface area contributed by atoms with Crippen LogP contribution in [0.4, 0.5) is 0 Å². The summed E-state index contributed by atoms with van der Waals surface area (Å²) in [5.41, 5.74) is 0. The molecule has 2 heterocycles. The average molecular weight is 346 g/mol. The summed E-state index contributed by atoms with van der Waals surface area (Å²) in [5, 5.41) is 38.7. The molecule has 9 atom stereocenters. The molecule has 0 unspecified atom stereocenters. The van der Waals surface area contributed by atoms with Crippen molar-refractivity contribution in [1.29, 1.82) is 0 Å². The first-order valence-corrected chi connectivity index (χ1v) is 8.52. The summed E-state index contributed by atoms with van der Waals surface area (Å²) >= 11 is 0. The minimum Gasteiger partial charge on any atom is -0.465 e. The summed E-state index contributed by atoms with van der Waals surface area (Å²) in [6.07, 6.45) is -4.49. The van der Waals surface area contributed by atoms with Crippen LogP contribution in [-0.2, 0) is 19.0 Å². The smallest absolute Gasteiger partial charge is 0.309 e. The maximum Gasteiger partial charge on any atom is 0.309 e. The van der Waals surface area contributed by atoms with E-state index in [4.69, 9.17) is 14.2 Å². The fourth-order valence-electron chi connectivity index (χ4n) is 4.18. The van der Waals surface area contributed by atoms with Crippen molar-refractivity contribution in [2.24, 2.45) is 23.7 Å². The number of fused-ring (bicyclic) bond motifs is 1. The third-order valence-corrected chi connectivity index (χ3v) is 5.67. The van der Waals surface area contributed by atoms with Crippen molar-refractivity contribution in [3.05, 3.63) is 0 Å². The number of aliphatic hydroxyl groups is 4. The van der Waals surface area contributed by atoms with Crippen molar-refractivity contribution in [2.75, 3.05) is 19.8 Å². The van der Waals surface area contributed by atoms with E-state index in [1.165, 1.54) is 0 Å². The predicted molar refractivity (Wildman–Crippen MR) is 79.5 cm³/mol. The number of rotatable bonds is 4. The molecule has 3 fully saturated rings. The molecule has 8 nitrogen and oxygen atoms in total. The maximum atomic E-state index is 11.9. The van der Waals surface area contributed by atoms with Gasteiger partial charge >= 0.3 is 5.97 Å². The third kappa shape index (κ3) is 3.18. The lowest BCUT2D eigenvalue weighted by atomic mass is 9.80. The van der Waals surface area contributed by atoms with Gasteiger partial charge in [0.2, 0.25) is 0 Å². The number of ether oxygens (including phenoxy) is 3. The molecule has 0 aromatic rings. The second kappa shape index (κ2) is 7.23. The summed E-state index contributed by atoms with van der Waals surface area (Å²) < 4.78 is 16.2. The first-order chi connectivity index (χ1) is 11.4. The number of cyclic esters (lactones) is 1. The van der Waals surface area contributed by atoms with E-state index in [2.05, 4.69) is 0 Å². The Balaban J connectivity index is 1.60. The monoisotopic (exact) mass is 346 g/mol. The second-order valence-corrected chi connectivity index (χ2v) is 7.17. The molecule has 0 radical (unpaired) electrons. The molecule has 0 spiro atoms. The Morgan fingerprint density at radius 1 is 1.17 bits per heavy atom. The molecule has 4 N–H and O–H groups in total. The van der Waals surface area contributed by atoms with Crippen LogP contribution < -0.4 is 0 Å². The van der Waals surface area contributed by atoms with Crippen LogP contribution in [0.3, 0.4) is 0 Å². The summed E-state index contributed by atoms with van der Waals surface area (Å²) in [5.74, 6) is 0.227. The van der Waals surface area contributed by atoms with Gasteiger partial charge in [-0.1, -0.05) is 6.92 Å². The van der Waals surface area contributed by atoms with Crippen LogP contribution in [0.5, 0.6) is 0 Å². The van der Waals surface area contributed by atoms with Gasteiger partial charge in [-0.15, -0.1) is 0 Å². The van der Waals surface area contributed by atoms with E-state index in [9.17, 15) is 25.2 Å². The molecule has 3 aliphatic rings. The first kappa shape index (κ1) is 18.0. The number of carbonyl (C=O) groups is 1. The second-order valence-electron chi connectivity index (χ2n) is 7.17. The Kier molecular flexibility index (Phi) is 5.43. The summed E-state index contributed by atoms with van der Waals surface area (Å²) in [6.45, 7) is 2.04. The normalized spacial score (nSPS) is 48.9. The molecule has 3 rings (SSSR count). The first-order valence-electron chi connectivity index (χ1n) is 8.52. The van der Waals surface area contributed by atoms with Gasteiger partial charge in [-0.2, -0.15) is 0 Å². The lowest BCUT2D eigenvalue weighted by Gasteiger charge is -2.41. The topological polar surface area (TPSA) is 126 Å². The molecule has 2 saturated heterocycles. The summed E-state index contributed by atoms with van der Waals surface area (Å²) in [4.78, 5) is 11.9. The molecule has 24 heavy (non-hydrogen) atoms. The largest absolute Gasteiger partial charge is 0.465 e. The van der Waals surface area contributed by atoms with Crippen molar-refractivity contribution in [3.63, 3.8) is 0 Å². The molecule has 8 heteroatoms. The van der Waals surface area contributed by atoms with Gasteiger partial charge in [0.05, 0.1) is 25.7 Å². The van der Waals surface area contributed by atoms with Gasteiger partial charge in [0, 0.05) is 5.92 Å². The maximum absolute atomic E-state index is 11.9. The minimum atomic E-state index is -1.45. The van der Waals surface area contributed by atoms with Crippen molar-refractivity contribution in [3.8, 4) is 0 Å². The Morgan fingerprint density at radius 3 is 2.62 bits per heavy atom. The van der Waals surface area contributed by atoms with Gasteiger partial charge in [-0.25, -0.2) is 0 Å². The Hall–Kier alpha value is -0.770. The van der Waals surface area contributed by atoms with E-state index in [0.717, 1.165) is 12.8 Å². The van der Waals surface area contributed by atoms with Gasteiger partial charge in [0.15, 0.2) is 6.29 Å². The van der Waals surface area contributed by atoms with E-state index in [1.807, 2.05) is 6.92 Å². The number of hydrogen-bond acceptors (Lipinski definition) is 8. The number of aliphatic hydroxyl groups excluding tert-OH is 4. The van der Waals surface area contributed by atoms with E-state index in [-0.39, 0.29) is 42.9 Å². The SMILES string of the molecule is C[C@@H]1CC[C@@H]2[C@H](CO[C@@H]3O[C@H](CO)[C@@H](O)[C@H](O)[C@H]3O)COC(=O)[C@H]21. The number of hydrogen-bond donors (Lipinski definition) is 4. The average Bonchev–Trinajstić information content (AvgIpc) is 2.97. The minimum absolute atomic E-state index is 0.00465. The third-order valence-electron chi connectivity index (χ3n) is 5.67. The highest BCUT2D eigenvalue weighted by Crippen LogP contribution is 2.44. The molecular weight excluding hydrogens is 320 g/mol. The highest BCUT2D eigenvalue weighted by molar-refractivity contribution is 5.74. The van der Waals surface area contributed by atoms with Crippen molar-refractivity contribution in [1.82, 2.24) is 0 Å². The molecule has 0 aromatic carbocycles. The quantitative estimate of drug-likeness (QED) is 0.460. The van der Waals surface area contributed by atoms with E-state index >= 15 is 0 Å². The van der Waals surface area contributed by atoms with Crippen molar-refractivity contribution < 1.29 is 39.4 Å². The van der Waals surface area contributed by atoms with Gasteiger partial charge in [-0.05, 0) is 24.7 Å². The molecular formula is C16H26O8. The van der Waals surface area contributed by atoms with Crippen LogP contribution in [-0.4, -0.2) is 76.9 Å². The van der Waals surface area contributed by atoms with Crippen LogP contribution in [0.25, 0.3) is 0 Å². The Bertz CT molecular complexity index is 455. The van der Waals surface area contributed by atoms with E-state index in [0.29, 0.717) is 0 Å². The van der Waals surface area contributed by atoms with Gasteiger partial charge in [-0.3, -0.25) is 4.79 Å². The summed E-state index contributed by atoms with van der Waals surface area (Å²) in [7, 11) is 0. The van der Waals surface area contributed by atoms with Crippen LogP contribution in [0, 0.1) is 23.7 Å². The highest BCUT2D eigenvalue weighted by atomic mass is 16.7. The van der Waals surface area contributed by atoms with Gasteiger partial charge in [0.25, 0.3) is 0 Å². The molecule has 0 aromatic heterocycles. The lowest BCUT2D eigenvalue weighted by Crippen LogP contribution is -2.59. The molecule has 1 aliphatic carbocycles. The standard InChI is InChI=1S/C16H26O8/c1-7-2-3-9-8(5-22-15(21)11(7)9)6-23-16-14(20)13(19)12(18)10(4-17)24-16/h7-14,16-20H,2-6H2,1H3/t7-,8+,9-,10-,11+,12-,13+,14-,16-/m1/s1. The van der Waals surface area contributed by atoms with Gasteiger partial charge < -0.3 is 34.6 Å². The van der Waals surface area contributed by atoms with Gasteiger partial charge in [0.1, 0.15) is 24.4 Å². The molecule has 138 valence electrons. The zero-order chi connectivity index (χ0) is 17.4. The Labute approximate surface area is 140 Å². The number of carbonyl (C=O) groups excluding carboxylic acids is 1. The zero-order valence-corrected chi connectivity index (χ0v) is 13.7. The van der Waals surface area contributed by atoms with Crippen LogP contribution >= 0.6 is 0 Å². The fourth-order valence-corrected chi connectivity index (χ4v) is 4.18. The fraction of sp³-hybridized carbons (Fsp3) is 0.938. The van der Waals surface area contributed by atoms with Crippen LogP contribution in [0.1, 0.15) is 19.8 Å². The molecule has 0 amide bonds.